The molecule has 6 heteroatoms. The lowest BCUT2D eigenvalue weighted by atomic mass is 10.0. The molecular formula is C15H22ClN3O2. The highest BCUT2D eigenvalue weighted by atomic mass is 35.5. The number of halogens is 1. The predicted molar refractivity (Wildman–Crippen MR) is 83.8 cm³/mol. The molecule has 0 amide bonds. The summed E-state index contributed by atoms with van der Waals surface area (Å²) in [4.78, 5) is 0. The third kappa shape index (κ3) is 4.33. The van der Waals surface area contributed by atoms with Gasteiger partial charge >= 0.3 is 0 Å². The Morgan fingerprint density at radius 1 is 1.52 bits per heavy atom. The van der Waals surface area contributed by atoms with Crippen molar-refractivity contribution < 1.29 is 9.94 Å². The fourth-order valence-electron chi connectivity index (χ4n) is 2.38. The third-order valence-electron chi connectivity index (χ3n) is 4.07. The summed E-state index contributed by atoms with van der Waals surface area (Å²) in [5.74, 6) is 0.0629. The Morgan fingerprint density at radius 3 is 2.86 bits per heavy atom. The maximum Gasteiger partial charge on any atom is 0.170 e. The standard InChI is InChI=1S/C15H22ClN3O2/c1-21-7-6-15(4-5-15)10-18-9-12-3-2-11(8-13(12)16)14(17)19-20/h2-3,8,18,20H,4-7,9-10H2,1H3,(H2,17,19). The van der Waals surface area contributed by atoms with Gasteiger partial charge in [0, 0.05) is 37.4 Å². The van der Waals surface area contributed by atoms with Crippen molar-refractivity contribution in [3.8, 4) is 0 Å². The highest BCUT2D eigenvalue weighted by Crippen LogP contribution is 2.48. The monoisotopic (exact) mass is 311 g/mol. The van der Waals surface area contributed by atoms with Crippen molar-refractivity contribution in [3.63, 3.8) is 0 Å². The lowest BCUT2D eigenvalue weighted by Crippen LogP contribution is -2.24. The first-order chi connectivity index (χ1) is 10.1. The summed E-state index contributed by atoms with van der Waals surface area (Å²) in [6.45, 7) is 2.51. The molecule has 0 aromatic heterocycles. The van der Waals surface area contributed by atoms with Gasteiger partial charge in [-0.15, -0.1) is 0 Å². The van der Waals surface area contributed by atoms with Crippen LogP contribution in [-0.2, 0) is 11.3 Å². The van der Waals surface area contributed by atoms with Crippen molar-refractivity contribution >= 4 is 17.4 Å². The molecule has 0 bridgehead atoms. The van der Waals surface area contributed by atoms with Crippen LogP contribution in [0.3, 0.4) is 0 Å². The third-order valence-corrected chi connectivity index (χ3v) is 4.42. The van der Waals surface area contributed by atoms with E-state index in [1.807, 2.05) is 6.07 Å². The van der Waals surface area contributed by atoms with Crippen LogP contribution in [0.5, 0.6) is 0 Å². The van der Waals surface area contributed by atoms with Crippen LogP contribution in [-0.4, -0.2) is 31.3 Å². The molecule has 5 nitrogen and oxygen atoms in total. The van der Waals surface area contributed by atoms with Gasteiger partial charge in [0.25, 0.3) is 0 Å². The Kier molecular flexibility index (Phi) is 5.45. The topological polar surface area (TPSA) is 79.9 Å². The maximum absolute atomic E-state index is 8.65. The minimum absolute atomic E-state index is 0.0629. The molecule has 0 unspecified atom stereocenters. The van der Waals surface area contributed by atoms with Gasteiger partial charge in [-0.1, -0.05) is 28.9 Å². The molecule has 4 N–H and O–H groups in total. The molecule has 1 saturated carbocycles. The summed E-state index contributed by atoms with van der Waals surface area (Å²) in [6, 6.07) is 5.42. The van der Waals surface area contributed by atoms with Gasteiger partial charge in [0.1, 0.15) is 0 Å². The van der Waals surface area contributed by atoms with Crippen molar-refractivity contribution in [2.75, 3.05) is 20.3 Å². The highest BCUT2D eigenvalue weighted by molar-refractivity contribution is 6.31. The maximum atomic E-state index is 8.65. The summed E-state index contributed by atoms with van der Waals surface area (Å²) < 4.78 is 5.16. The normalized spacial score (nSPS) is 17.0. The molecule has 1 aliphatic rings. The average Bonchev–Trinajstić information content (AvgIpc) is 3.26. The Morgan fingerprint density at radius 2 is 2.29 bits per heavy atom. The Hall–Kier alpha value is -1.30. The number of benzene rings is 1. The molecule has 1 aliphatic carbocycles. The average molecular weight is 312 g/mol. The number of nitrogens with one attached hydrogen (secondary N) is 1. The molecule has 1 fully saturated rings. The summed E-state index contributed by atoms with van der Waals surface area (Å²) in [5, 5.41) is 15.7. The molecule has 1 aromatic carbocycles. The second kappa shape index (κ2) is 7.11. The van der Waals surface area contributed by atoms with Gasteiger partial charge in [-0.2, -0.15) is 0 Å². The van der Waals surface area contributed by atoms with Crippen molar-refractivity contribution in [1.29, 1.82) is 0 Å². The van der Waals surface area contributed by atoms with Crippen LogP contribution in [0.15, 0.2) is 23.4 Å². The van der Waals surface area contributed by atoms with Gasteiger partial charge in [-0.25, -0.2) is 0 Å². The summed E-state index contributed by atoms with van der Waals surface area (Å²) >= 11 is 6.23. The van der Waals surface area contributed by atoms with E-state index < -0.39 is 0 Å². The summed E-state index contributed by atoms with van der Waals surface area (Å²) in [5.41, 5.74) is 7.58. The van der Waals surface area contributed by atoms with Gasteiger partial charge in [0.2, 0.25) is 0 Å². The zero-order valence-corrected chi connectivity index (χ0v) is 13.0. The number of nitrogens with two attached hydrogens (primary N) is 1. The van der Waals surface area contributed by atoms with Crippen LogP contribution in [0.1, 0.15) is 30.4 Å². The van der Waals surface area contributed by atoms with E-state index >= 15 is 0 Å². The van der Waals surface area contributed by atoms with Crippen LogP contribution in [0.4, 0.5) is 0 Å². The van der Waals surface area contributed by atoms with Crippen LogP contribution in [0, 0.1) is 5.41 Å². The lowest BCUT2D eigenvalue weighted by molar-refractivity contribution is 0.171. The highest BCUT2D eigenvalue weighted by Gasteiger charge is 2.41. The number of amidine groups is 1. The van der Waals surface area contributed by atoms with Crippen LogP contribution >= 0.6 is 11.6 Å². The molecule has 116 valence electrons. The molecule has 0 heterocycles. The quantitative estimate of drug-likeness (QED) is 0.298. The Bertz CT molecular complexity index is 516. The van der Waals surface area contributed by atoms with Gasteiger partial charge in [0.15, 0.2) is 5.84 Å². The van der Waals surface area contributed by atoms with Gasteiger partial charge < -0.3 is 21.0 Å². The molecule has 0 spiro atoms. The molecule has 0 saturated heterocycles. The second-order valence-corrected chi connectivity index (χ2v) is 6.04. The summed E-state index contributed by atoms with van der Waals surface area (Å²) in [6.07, 6.45) is 3.63. The number of hydrogen-bond donors (Lipinski definition) is 3. The van der Waals surface area contributed by atoms with Gasteiger partial charge in [-0.05, 0) is 36.3 Å². The second-order valence-electron chi connectivity index (χ2n) is 5.64. The van der Waals surface area contributed by atoms with E-state index in [2.05, 4.69) is 10.5 Å². The number of oxime groups is 1. The smallest absolute Gasteiger partial charge is 0.170 e. The number of hydrogen-bond acceptors (Lipinski definition) is 4. The number of methoxy groups -OCH3 is 1. The minimum atomic E-state index is 0.0629. The zero-order chi connectivity index (χ0) is 15.3. The predicted octanol–water partition coefficient (Wildman–Crippen LogP) is 2.34. The van der Waals surface area contributed by atoms with Crippen LogP contribution in [0.25, 0.3) is 0 Å². The first-order valence-electron chi connectivity index (χ1n) is 7.06. The molecule has 2 rings (SSSR count). The van der Waals surface area contributed by atoms with E-state index in [1.54, 1.807) is 19.2 Å². The molecule has 0 atom stereocenters. The Balaban J connectivity index is 1.86. The first-order valence-corrected chi connectivity index (χ1v) is 7.44. The lowest BCUT2D eigenvalue weighted by Gasteiger charge is -2.16. The van der Waals surface area contributed by atoms with E-state index in [0.29, 0.717) is 22.5 Å². The van der Waals surface area contributed by atoms with Crippen LogP contribution in [0.2, 0.25) is 5.02 Å². The molecule has 0 aliphatic heterocycles. The van der Waals surface area contributed by atoms with Crippen molar-refractivity contribution in [3.05, 3.63) is 34.3 Å². The summed E-state index contributed by atoms with van der Waals surface area (Å²) in [7, 11) is 1.74. The van der Waals surface area contributed by atoms with Crippen molar-refractivity contribution in [2.24, 2.45) is 16.3 Å². The fourth-order valence-corrected chi connectivity index (χ4v) is 2.63. The first kappa shape index (κ1) is 16.1. The van der Waals surface area contributed by atoms with Crippen molar-refractivity contribution in [2.45, 2.75) is 25.8 Å². The van der Waals surface area contributed by atoms with E-state index in [4.69, 9.17) is 27.3 Å². The SMILES string of the molecule is COCCC1(CNCc2ccc(/C(N)=N/O)cc2Cl)CC1. The van der Waals surface area contributed by atoms with E-state index in [0.717, 1.165) is 25.1 Å². The minimum Gasteiger partial charge on any atom is -0.409 e. The number of rotatable bonds is 8. The van der Waals surface area contributed by atoms with Crippen molar-refractivity contribution in [1.82, 2.24) is 5.32 Å². The van der Waals surface area contributed by atoms with E-state index in [9.17, 15) is 0 Å². The number of ether oxygens (including phenoxy) is 1. The Labute approximate surface area is 130 Å². The molecule has 1 aromatic rings. The molecule has 0 radical (unpaired) electrons. The van der Waals surface area contributed by atoms with E-state index in [1.165, 1.54) is 12.8 Å². The number of nitrogens with zero attached hydrogens (tertiary/aromatic N) is 1. The largest absolute Gasteiger partial charge is 0.409 e. The van der Waals surface area contributed by atoms with Gasteiger partial charge in [-0.3, -0.25) is 0 Å². The van der Waals surface area contributed by atoms with E-state index in [-0.39, 0.29) is 5.84 Å². The van der Waals surface area contributed by atoms with Crippen LogP contribution < -0.4 is 11.1 Å². The molecular weight excluding hydrogens is 290 g/mol. The zero-order valence-electron chi connectivity index (χ0n) is 12.2. The fraction of sp³-hybridized carbons (Fsp3) is 0.533. The van der Waals surface area contributed by atoms with Gasteiger partial charge in [0.05, 0.1) is 0 Å². The molecule has 21 heavy (non-hydrogen) atoms.